The Labute approximate surface area is 204 Å². The zero-order valence-corrected chi connectivity index (χ0v) is 20.8. The molecule has 4 nitrogen and oxygen atoms in total. The standard InChI is InChI=1S/C16H21F4N.C11H13N3/c1-11-2-4-12(5-3-11)9-21-10-13-8-14(17)6-7-15(13)16(18,19)20;1-8-12-10-7-5-4-6-9(10)11(13-8)14(2)3/h6-8,11-12,21H,2-5,9-10H2,1H3;4-7H,1-3H3. The number of aryl methyl sites for hydroxylation is 1. The van der Waals surface area contributed by atoms with Gasteiger partial charge in [-0.05, 0) is 74.0 Å². The predicted octanol–water partition coefficient (Wildman–Crippen LogP) is 6.76. The summed E-state index contributed by atoms with van der Waals surface area (Å²) in [5.74, 6) is 2.43. The van der Waals surface area contributed by atoms with Crippen LogP contribution in [-0.4, -0.2) is 30.6 Å². The first-order valence-electron chi connectivity index (χ1n) is 12.0. The number of halogens is 4. The highest BCUT2D eigenvalue weighted by atomic mass is 19.4. The molecule has 0 saturated heterocycles. The molecule has 1 saturated carbocycles. The summed E-state index contributed by atoms with van der Waals surface area (Å²) in [6, 6.07) is 10.7. The molecular weight excluding hydrogens is 456 g/mol. The lowest BCUT2D eigenvalue weighted by atomic mass is 9.83. The molecule has 1 N–H and O–H groups in total. The van der Waals surface area contributed by atoms with Gasteiger partial charge in [0.15, 0.2) is 0 Å². The van der Waals surface area contributed by atoms with Crippen molar-refractivity contribution in [2.24, 2.45) is 11.8 Å². The van der Waals surface area contributed by atoms with Crippen LogP contribution < -0.4 is 10.2 Å². The topological polar surface area (TPSA) is 41.1 Å². The maximum absolute atomic E-state index is 13.2. The van der Waals surface area contributed by atoms with Gasteiger partial charge in [0.2, 0.25) is 0 Å². The van der Waals surface area contributed by atoms with E-state index in [2.05, 4.69) is 22.2 Å². The van der Waals surface area contributed by atoms with Crippen molar-refractivity contribution in [3.8, 4) is 0 Å². The highest BCUT2D eigenvalue weighted by Crippen LogP contribution is 2.32. The third-order valence-corrected chi connectivity index (χ3v) is 6.38. The number of hydrogen-bond acceptors (Lipinski definition) is 4. The van der Waals surface area contributed by atoms with Crippen LogP contribution in [0.1, 0.15) is 49.6 Å². The summed E-state index contributed by atoms with van der Waals surface area (Å²) in [5.41, 5.74) is 0.226. The second-order valence-electron chi connectivity index (χ2n) is 9.56. The van der Waals surface area contributed by atoms with E-state index < -0.39 is 17.6 Å². The van der Waals surface area contributed by atoms with E-state index in [1.165, 1.54) is 12.8 Å². The van der Waals surface area contributed by atoms with Crippen molar-refractivity contribution in [1.29, 1.82) is 0 Å². The minimum absolute atomic E-state index is 0.0216. The third kappa shape index (κ3) is 7.62. The van der Waals surface area contributed by atoms with E-state index in [4.69, 9.17) is 0 Å². The van der Waals surface area contributed by atoms with Crippen molar-refractivity contribution in [3.05, 3.63) is 65.2 Å². The fourth-order valence-corrected chi connectivity index (χ4v) is 4.44. The second kappa shape index (κ2) is 11.8. The third-order valence-electron chi connectivity index (χ3n) is 6.38. The molecule has 35 heavy (non-hydrogen) atoms. The lowest BCUT2D eigenvalue weighted by molar-refractivity contribution is -0.138. The summed E-state index contributed by atoms with van der Waals surface area (Å²) in [4.78, 5) is 10.8. The molecule has 2 aromatic carbocycles. The Balaban J connectivity index is 0.000000211. The number of nitrogens with one attached hydrogen (secondary N) is 1. The van der Waals surface area contributed by atoms with Crippen LogP contribution in [0.3, 0.4) is 0 Å². The number of hydrogen-bond donors (Lipinski definition) is 1. The molecule has 0 spiro atoms. The molecule has 0 amide bonds. The van der Waals surface area contributed by atoms with Gasteiger partial charge < -0.3 is 10.2 Å². The number of anilines is 1. The summed E-state index contributed by atoms with van der Waals surface area (Å²) in [6.07, 6.45) is 0.151. The normalized spacial score (nSPS) is 18.2. The molecule has 1 aromatic heterocycles. The molecule has 4 rings (SSSR count). The van der Waals surface area contributed by atoms with E-state index in [0.717, 1.165) is 59.5 Å². The maximum Gasteiger partial charge on any atom is 0.416 e. The quantitative estimate of drug-likeness (QED) is 0.401. The highest BCUT2D eigenvalue weighted by molar-refractivity contribution is 5.89. The fourth-order valence-electron chi connectivity index (χ4n) is 4.44. The molecule has 1 aliphatic carbocycles. The number of nitrogens with zero attached hydrogens (tertiary/aromatic N) is 3. The van der Waals surface area contributed by atoms with E-state index in [-0.39, 0.29) is 12.1 Å². The second-order valence-corrected chi connectivity index (χ2v) is 9.56. The molecule has 0 atom stereocenters. The van der Waals surface area contributed by atoms with Crippen LogP contribution in [0.5, 0.6) is 0 Å². The van der Waals surface area contributed by atoms with Crippen LogP contribution in [-0.2, 0) is 12.7 Å². The number of benzene rings is 2. The van der Waals surface area contributed by atoms with E-state index >= 15 is 0 Å². The van der Waals surface area contributed by atoms with Crippen molar-refractivity contribution in [1.82, 2.24) is 15.3 Å². The van der Waals surface area contributed by atoms with Crippen molar-refractivity contribution in [3.63, 3.8) is 0 Å². The van der Waals surface area contributed by atoms with Gasteiger partial charge in [0.25, 0.3) is 0 Å². The largest absolute Gasteiger partial charge is 0.416 e. The molecular formula is C27H34F4N4. The number of alkyl halides is 3. The van der Waals surface area contributed by atoms with Crippen molar-refractivity contribution in [2.75, 3.05) is 25.5 Å². The smallest absolute Gasteiger partial charge is 0.362 e. The van der Waals surface area contributed by atoms with Gasteiger partial charge in [0, 0.05) is 26.0 Å². The first-order valence-corrected chi connectivity index (χ1v) is 12.0. The Morgan fingerprint density at radius 2 is 1.69 bits per heavy atom. The summed E-state index contributed by atoms with van der Waals surface area (Å²) in [5, 5.41) is 4.16. The fraction of sp³-hybridized carbons (Fsp3) is 0.481. The number of fused-ring (bicyclic) bond motifs is 1. The van der Waals surface area contributed by atoms with Crippen LogP contribution in [0, 0.1) is 24.6 Å². The zero-order chi connectivity index (χ0) is 25.6. The summed E-state index contributed by atoms with van der Waals surface area (Å²) >= 11 is 0. The Morgan fingerprint density at radius 3 is 2.34 bits per heavy atom. The predicted molar refractivity (Wildman–Crippen MR) is 133 cm³/mol. The lowest BCUT2D eigenvalue weighted by Crippen LogP contribution is -2.26. The van der Waals surface area contributed by atoms with Gasteiger partial charge >= 0.3 is 6.18 Å². The summed E-state index contributed by atoms with van der Waals surface area (Å²) < 4.78 is 51.7. The van der Waals surface area contributed by atoms with Crippen molar-refractivity contribution < 1.29 is 17.6 Å². The van der Waals surface area contributed by atoms with Gasteiger partial charge in [-0.3, -0.25) is 0 Å². The van der Waals surface area contributed by atoms with Gasteiger partial charge in [0.05, 0.1) is 11.1 Å². The molecule has 0 radical (unpaired) electrons. The van der Waals surface area contributed by atoms with Gasteiger partial charge in [-0.1, -0.05) is 31.9 Å². The molecule has 1 aliphatic rings. The van der Waals surface area contributed by atoms with E-state index in [0.29, 0.717) is 12.5 Å². The first kappa shape index (κ1) is 26.9. The van der Waals surface area contributed by atoms with E-state index in [1.54, 1.807) is 0 Å². The van der Waals surface area contributed by atoms with E-state index in [1.807, 2.05) is 50.2 Å². The van der Waals surface area contributed by atoms with Crippen LogP contribution in [0.25, 0.3) is 10.9 Å². The molecule has 0 bridgehead atoms. The zero-order valence-electron chi connectivity index (χ0n) is 20.8. The van der Waals surface area contributed by atoms with Crippen molar-refractivity contribution >= 4 is 16.7 Å². The molecule has 1 fully saturated rings. The highest BCUT2D eigenvalue weighted by Gasteiger charge is 2.33. The van der Waals surface area contributed by atoms with Gasteiger partial charge in [-0.2, -0.15) is 13.2 Å². The van der Waals surface area contributed by atoms with Gasteiger partial charge in [0.1, 0.15) is 17.5 Å². The summed E-state index contributed by atoms with van der Waals surface area (Å²) in [6.45, 7) is 4.89. The Morgan fingerprint density at radius 1 is 1.00 bits per heavy atom. The van der Waals surface area contributed by atoms with Crippen LogP contribution in [0.2, 0.25) is 0 Å². The molecule has 8 heteroatoms. The Kier molecular flexibility index (Phi) is 9.05. The first-order chi connectivity index (χ1) is 16.5. The van der Waals surface area contributed by atoms with Gasteiger partial charge in [-0.15, -0.1) is 0 Å². The minimum Gasteiger partial charge on any atom is -0.362 e. The maximum atomic E-state index is 13.2. The molecule has 0 unspecified atom stereocenters. The Bertz CT molecular complexity index is 1110. The summed E-state index contributed by atoms with van der Waals surface area (Å²) in [7, 11) is 3.99. The average molecular weight is 491 g/mol. The SMILES string of the molecule is CC1CCC(CNCc2cc(F)ccc2C(F)(F)F)CC1.Cc1nc(N(C)C)c2ccccc2n1. The van der Waals surface area contributed by atoms with Crippen LogP contribution in [0.15, 0.2) is 42.5 Å². The van der Waals surface area contributed by atoms with E-state index in [9.17, 15) is 17.6 Å². The number of aromatic nitrogens is 2. The molecule has 190 valence electrons. The Hall–Kier alpha value is -2.74. The van der Waals surface area contributed by atoms with Crippen LogP contribution >= 0.6 is 0 Å². The number of para-hydroxylation sites is 1. The number of rotatable bonds is 5. The lowest BCUT2D eigenvalue weighted by Gasteiger charge is -2.26. The van der Waals surface area contributed by atoms with Crippen molar-refractivity contribution in [2.45, 2.75) is 52.3 Å². The minimum atomic E-state index is -4.44. The molecule has 0 aliphatic heterocycles. The van der Waals surface area contributed by atoms with Gasteiger partial charge in [-0.25, -0.2) is 14.4 Å². The van der Waals surface area contributed by atoms with Crippen LogP contribution in [0.4, 0.5) is 23.4 Å². The monoisotopic (exact) mass is 490 g/mol. The molecule has 1 heterocycles. The molecule has 3 aromatic rings. The average Bonchev–Trinajstić information content (AvgIpc) is 2.79.